The number of hydrogen-bond acceptors (Lipinski definition) is 7. The molecule has 2 amide bonds. The highest BCUT2D eigenvalue weighted by Crippen LogP contribution is 2.25. The standard InChI is InChI=1S/C23H32F2N6O3/c1-7-8-18(13(3)28-22(33)34-23(4,5)6)30-21-17(25)10-15(19(26)32)20(31-21)29-14-9-16(24)12(2)27-11-14/h9-11,13,18H,7-8H2,1-6H3,(H2,26,32)(H,28,33)(H2,29,30,31)/t13-,18+/m0/s1. The molecule has 0 aliphatic heterocycles. The Morgan fingerprint density at radius 1 is 1.18 bits per heavy atom. The lowest BCUT2D eigenvalue weighted by atomic mass is 10.0. The van der Waals surface area contributed by atoms with Crippen LogP contribution in [0, 0.1) is 18.6 Å². The third-order valence-corrected chi connectivity index (χ3v) is 4.80. The average Bonchev–Trinajstić information content (AvgIpc) is 2.70. The molecule has 2 aromatic heterocycles. The Morgan fingerprint density at radius 2 is 1.85 bits per heavy atom. The number of rotatable bonds is 9. The summed E-state index contributed by atoms with van der Waals surface area (Å²) < 4.78 is 34.0. The fraction of sp³-hybridized carbons (Fsp3) is 0.478. The first-order chi connectivity index (χ1) is 15.8. The van der Waals surface area contributed by atoms with Crippen molar-refractivity contribution in [3.8, 4) is 0 Å². The van der Waals surface area contributed by atoms with Crippen LogP contribution in [0.25, 0.3) is 0 Å². The van der Waals surface area contributed by atoms with E-state index >= 15 is 0 Å². The van der Waals surface area contributed by atoms with Gasteiger partial charge in [0, 0.05) is 18.2 Å². The van der Waals surface area contributed by atoms with Crippen LogP contribution in [-0.2, 0) is 4.74 Å². The second kappa shape index (κ2) is 11.1. The maximum absolute atomic E-state index is 14.9. The summed E-state index contributed by atoms with van der Waals surface area (Å²) in [4.78, 5) is 32.2. The first kappa shape index (κ1) is 26.7. The number of nitrogens with two attached hydrogens (primary N) is 1. The predicted molar refractivity (Wildman–Crippen MR) is 126 cm³/mol. The molecule has 0 spiro atoms. The van der Waals surface area contributed by atoms with E-state index in [-0.39, 0.29) is 28.6 Å². The van der Waals surface area contributed by atoms with Gasteiger partial charge in [-0.3, -0.25) is 9.78 Å². The molecule has 0 aliphatic carbocycles. The van der Waals surface area contributed by atoms with E-state index in [1.54, 1.807) is 27.7 Å². The Labute approximate surface area is 197 Å². The SMILES string of the molecule is CCC[C@@H](Nc1nc(Nc2cnc(C)c(F)c2)c(C(N)=O)cc1F)[C@H](C)NC(=O)OC(C)(C)C. The molecule has 9 nitrogen and oxygen atoms in total. The number of primary amides is 1. The minimum atomic E-state index is -0.911. The summed E-state index contributed by atoms with van der Waals surface area (Å²) in [6.45, 7) is 10.5. The number of aryl methyl sites for hydroxylation is 1. The lowest BCUT2D eigenvalue weighted by Crippen LogP contribution is -2.46. The zero-order chi connectivity index (χ0) is 25.6. The lowest BCUT2D eigenvalue weighted by Gasteiger charge is -2.28. The number of nitrogens with one attached hydrogen (secondary N) is 3. The van der Waals surface area contributed by atoms with Crippen LogP contribution >= 0.6 is 0 Å². The van der Waals surface area contributed by atoms with Gasteiger partial charge in [0.05, 0.1) is 23.1 Å². The largest absolute Gasteiger partial charge is 0.444 e. The maximum Gasteiger partial charge on any atom is 0.407 e. The maximum atomic E-state index is 14.9. The van der Waals surface area contributed by atoms with Crippen LogP contribution in [0.15, 0.2) is 18.3 Å². The molecule has 0 fully saturated rings. The van der Waals surface area contributed by atoms with Crippen molar-refractivity contribution in [2.45, 2.75) is 72.1 Å². The number of hydrogen-bond donors (Lipinski definition) is 4. The summed E-state index contributed by atoms with van der Waals surface area (Å²) in [6, 6.07) is 1.27. The summed E-state index contributed by atoms with van der Waals surface area (Å²) in [5.74, 6) is -2.51. The number of amides is 2. The van der Waals surface area contributed by atoms with Gasteiger partial charge in [0.1, 0.15) is 17.2 Å². The monoisotopic (exact) mass is 478 g/mol. The van der Waals surface area contributed by atoms with Crippen molar-refractivity contribution in [2.75, 3.05) is 10.6 Å². The van der Waals surface area contributed by atoms with Crippen LogP contribution in [0.1, 0.15) is 63.5 Å². The summed E-state index contributed by atoms with van der Waals surface area (Å²) >= 11 is 0. The molecule has 11 heteroatoms. The van der Waals surface area contributed by atoms with Gasteiger partial charge < -0.3 is 26.4 Å². The van der Waals surface area contributed by atoms with Crippen molar-refractivity contribution in [3.63, 3.8) is 0 Å². The van der Waals surface area contributed by atoms with E-state index < -0.39 is 41.3 Å². The van der Waals surface area contributed by atoms with Gasteiger partial charge in [0.25, 0.3) is 5.91 Å². The summed E-state index contributed by atoms with van der Waals surface area (Å²) in [5.41, 5.74) is 4.92. The molecular formula is C23H32F2N6O3. The molecule has 5 N–H and O–H groups in total. The summed E-state index contributed by atoms with van der Waals surface area (Å²) in [5, 5.41) is 8.50. The molecule has 2 aromatic rings. The zero-order valence-electron chi connectivity index (χ0n) is 20.3. The van der Waals surface area contributed by atoms with E-state index in [1.165, 1.54) is 19.2 Å². The van der Waals surface area contributed by atoms with Gasteiger partial charge in [-0.1, -0.05) is 13.3 Å². The molecule has 186 valence electrons. The lowest BCUT2D eigenvalue weighted by molar-refractivity contribution is 0.0502. The second-order valence-electron chi connectivity index (χ2n) is 8.97. The topological polar surface area (TPSA) is 131 Å². The molecule has 0 aromatic carbocycles. The van der Waals surface area contributed by atoms with Gasteiger partial charge in [-0.25, -0.2) is 18.6 Å². The highest BCUT2D eigenvalue weighted by Gasteiger charge is 2.25. The molecule has 0 unspecified atom stereocenters. The van der Waals surface area contributed by atoms with Gasteiger partial charge >= 0.3 is 6.09 Å². The number of halogens is 2. The van der Waals surface area contributed by atoms with E-state index in [2.05, 4.69) is 25.9 Å². The minimum Gasteiger partial charge on any atom is -0.444 e. The van der Waals surface area contributed by atoms with Gasteiger partial charge in [-0.05, 0) is 47.1 Å². The number of aromatic nitrogens is 2. The molecule has 0 saturated carbocycles. The van der Waals surface area contributed by atoms with Gasteiger partial charge in [-0.2, -0.15) is 0 Å². The molecule has 0 aliphatic rings. The molecule has 0 bridgehead atoms. The third-order valence-electron chi connectivity index (χ3n) is 4.80. The number of ether oxygens (including phenoxy) is 1. The Balaban J connectivity index is 2.32. The van der Waals surface area contributed by atoms with Crippen LogP contribution in [0.5, 0.6) is 0 Å². The fourth-order valence-electron chi connectivity index (χ4n) is 3.11. The molecule has 2 heterocycles. The van der Waals surface area contributed by atoms with Crippen molar-refractivity contribution in [1.82, 2.24) is 15.3 Å². The molecule has 34 heavy (non-hydrogen) atoms. The summed E-state index contributed by atoms with van der Waals surface area (Å²) in [6.07, 6.45) is 2.06. The predicted octanol–water partition coefficient (Wildman–Crippen LogP) is 4.40. The number of carbonyl (C=O) groups is 2. The summed E-state index contributed by atoms with van der Waals surface area (Å²) in [7, 11) is 0. The van der Waals surface area contributed by atoms with Crippen LogP contribution in [0.2, 0.25) is 0 Å². The van der Waals surface area contributed by atoms with E-state index in [0.717, 1.165) is 12.5 Å². The highest BCUT2D eigenvalue weighted by atomic mass is 19.1. The van der Waals surface area contributed by atoms with E-state index in [1.807, 2.05) is 6.92 Å². The van der Waals surface area contributed by atoms with Crippen molar-refractivity contribution in [1.29, 1.82) is 0 Å². The smallest absolute Gasteiger partial charge is 0.407 e. The molecular weight excluding hydrogens is 446 g/mol. The molecule has 0 radical (unpaired) electrons. The quantitative estimate of drug-likeness (QED) is 0.420. The van der Waals surface area contributed by atoms with Gasteiger partial charge in [-0.15, -0.1) is 0 Å². The number of anilines is 3. The molecule has 2 rings (SSSR count). The van der Waals surface area contributed by atoms with E-state index in [0.29, 0.717) is 6.42 Å². The molecule has 2 atom stereocenters. The van der Waals surface area contributed by atoms with Crippen molar-refractivity contribution in [2.24, 2.45) is 5.73 Å². The fourth-order valence-corrected chi connectivity index (χ4v) is 3.11. The second-order valence-corrected chi connectivity index (χ2v) is 8.97. The number of carbonyl (C=O) groups excluding carboxylic acids is 2. The Hall–Kier alpha value is -3.50. The van der Waals surface area contributed by atoms with Crippen LogP contribution < -0.4 is 21.7 Å². The number of pyridine rings is 2. The van der Waals surface area contributed by atoms with Crippen molar-refractivity contribution < 1.29 is 23.1 Å². The Kier molecular flexibility index (Phi) is 8.72. The van der Waals surface area contributed by atoms with E-state index in [9.17, 15) is 18.4 Å². The first-order valence-electron chi connectivity index (χ1n) is 11.0. The van der Waals surface area contributed by atoms with Crippen molar-refractivity contribution >= 4 is 29.3 Å². The minimum absolute atomic E-state index is 0.0653. The normalized spacial score (nSPS) is 13.1. The zero-order valence-corrected chi connectivity index (χ0v) is 20.3. The van der Waals surface area contributed by atoms with Gasteiger partial charge in [0.2, 0.25) is 0 Å². The number of alkyl carbamates (subject to hydrolysis) is 1. The highest BCUT2D eigenvalue weighted by molar-refractivity contribution is 5.98. The van der Waals surface area contributed by atoms with E-state index in [4.69, 9.17) is 10.5 Å². The first-order valence-corrected chi connectivity index (χ1v) is 11.0. The van der Waals surface area contributed by atoms with Crippen LogP contribution in [-0.4, -0.2) is 39.7 Å². The Bertz CT molecular complexity index is 1040. The molecule has 0 saturated heterocycles. The number of nitrogens with zero attached hydrogens (tertiary/aromatic N) is 2. The third kappa shape index (κ3) is 7.53. The average molecular weight is 479 g/mol. The Morgan fingerprint density at radius 3 is 2.41 bits per heavy atom. The van der Waals surface area contributed by atoms with Gasteiger partial charge in [0.15, 0.2) is 11.6 Å². The van der Waals surface area contributed by atoms with Crippen molar-refractivity contribution in [3.05, 3.63) is 41.2 Å². The van der Waals surface area contributed by atoms with Crippen LogP contribution in [0.4, 0.5) is 30.9 Å². The van der Waals surface area contributed by atoms with Crippen LogP contribution in [0.3, 0.4) is 0 Å².